The lowest BCUT2D eigenvalue weighted by atomic mass is 9.90. The van der Waals surface area contributed by atoms with E-state index in [1.54, 1.807) is 0 Å². The summed E-state index contributed by atoms with van der Waals surface area (Å²) in [5, 5.41) is 0. The van der Waals surface area contributed by atoms with E-state index >= 15 is 0 Å². The SMILES string of the molecule is CC(CCCN)N(C)C1CCC1. The first-order valence-corrected chi connectivity index (χ1v) is 5.17. The van der Waals surface area contributed by atoms with Crippen molar-refractivity contribution in [2.45, 2.75) is 51.1 Å². The molecule has 0 aliphatic heterocycles. The minimum atomic E-state index is 0.721. The lowest BCUT2D eigenvalue weighted by Crippen LogP contribution is -2.42. The third-order valence-electron chi connectivity index (χ3n) is 3.17. The summed E-state index contributed by atoms with van der Waals surface area (Å²) in [5.41, 5.74) is 5.48. The average molecular weight is 170 g/mol. The Labute approximate surface area is 76.1 Å². The number of nitrogens with two attached hydrogens (primary N) is 1. The molecule has 2 heteroatoms. The van der Waals surface area contributed by atoms with Crippen LogP contribution in [-0.4, -0.2) is 30.6 Å². The molecule has 0 aromatic carbocycles. The Morgan fingerprint density at radius 3 is 2.58 bits per heavy atom. The maximum absolute atomic E-state index is 5.48. The van der Waals surface area contributed by atoms with Crippen molar-refractivity contribution in [3.05, 3.63) is 0 Å². The molecule has 0 heterocycles. The molecule has 0 aromatic heterocycles. The number of nitrogens with zero attached hydrogens (tertiary/aromatic N) is 1. The monoisotopic (exact) mass is 170 g/mol. The van der Waals surface area contributed by atoms with Gasteiger partial charge in [0.05, 0.1) is 0 Å². The van der Waals surface area contributed by atoms with E-state index in [0.717, 1.165) is 25.0 Å². The van der Waals surface area contributed by atoms with Gasteiger partial charge in [0.15, 0.2) is 0 Å². The Morgan fingerprint density at radius 2 is 2.17 bits per heavy atom. The highest BCUT2D eigenvalue weighted by Gasteiger charge is 2.24. The molecule has 1 saturated carbocycles. The van der Waals surface area contributed by atoms with Crippen molar-refractivity contribution in [2.24, 2.45) is 5.73 Å². The van der Waals surface area contributed by atoms with Crippen molar-refractivity contribution in [3.63, 3.8) is 0 Å². The predicted molar refractivity (Wildman–Crippen MR) is 53.2 cm³/mol. The molecule has 1 rings (SSSR count). The Bertz CT molecular complexity index is 121. The summed E-state index contributed by atoms with van der Waals surface area (Å²) < 4.78 is 0. The topological polar surface area (TPSA) is 29.3 Å². The van der Waals surface area contributed by atoms with E-state index < -0.39 is 0 Å². The van der Waals surface area contributed by atoms with E-state index in [2.05, 4.69) is 18.9 Å². The number of rotatable bonds is 5. The highest BCUT2D eigenvalue weighted by atomic mass is 15.2. The van der Waals surface area contributed by atoms with Gasteiger partial charge < -0.3 is 10.6 Å². The van der Waals surface area contributed by atoms with Gasteiger partial charge in [0.1, 0.15) is 0 Å². The third-order valence-corrected chi connectivity index (χ3v) is 3.17. The first-order valence-electron chi connectivity index (χ1n) is 5.17. The number of hydrogen-bond donors (Lipinski definition) is 1. The van der Waals surface area contributed by atoms with Gasteiger partial charge in [-0.15, -0.1) is 0 Å². The molecule has 1 aliphatic rings. The van der Waals surface area contributed by atoms with Crippen molar-refractivity contribution in [3.8, 4) is 0 Å². The molecule has 0 aromatic rings. The summed E-state index contributed by atoms with van der Waals surface area (Å²) in [4.78, 5) is 2.53. The summed E-state index contributed by atoms with van der Waals surface area (Å²) >= 11 is 0. The molecule has 12 heavy (non-hydrogen) atoms. The van der Waals surface area contributed by atoms with E-state index in [1.165, 1.54) is 25.7 Å². The van der Waals surface area contributed by atoms with E-state index in [4.69, 9.17) is 5.73 Å². The minimum absolute atomic E-state index is 0.721. The van der Waals surface area contributed by atoms with E-state index in [0.29, 0.717) is 0 Å². The highest BCUT2D eigenvalue weighted by molar-refractivity contribution is 4.80. The lowest BCUT2D eigenvalue weighted by Gasteiger charge is -2.38. The predicted octanol–water partition coefficient (Wildman–Crippen LogP) is 1.60. The van der Waals surface area contributed by atoms with Crippen molar-refractivity contribution in [1.29, 1.82) is 0 Å². The summed E-state index contributed by atoms with van der Waals surface area (Å²) in [6.07, 6.45) is 6.66. The minimum Gasteiger partial charge on any atom is -0.330 e. The van der Waals surface area contributed by atoms with Gasteiger partial charge in [0.2, 0.25) is 0 Å². The fourth-order valence-corrected chi connectivity index (χ4v) is 1.77. The molecule has 0 saturated heterocycles. The molecular formula is C10H22N2. The molecule has 1 atom stereocenters. The molecule has 72 valence electrons. The molecular weight excluding hydrogens is 148 g/mol. The molecule has 1 fully saturated rings. The summed E-state index contributed by atoms with van der Waals surface area (Å²) in [6.45, 7) is 3.15. The third kappa shape index (κ3) is 2.46. The van der Waals surface area contributed by atoms with Gasteiger partial charge in [0.25, 0.3) is 0 Å². The maximum Gasteiger partial charge on any atom is 0.00950 e. The van der Waals surface area contributed by atoms with E-state index in [9.17, 15) is 0 Å². The maximum atomic E-state index is 5.48. The molecule has 0 radical (unpaired) electrons. The molecule has 2 nitrogen and oxygen atoms in total. The van der Waals surface area contributed by atoms with Gasteiger partial charge >= 0.3 is 0 Å². The van der Waals surface area contributed by atoms with Crippen LogP contribution in [0.15, 0.2) is 0 Å². The Balaban J connectivity index is 2.15. The van der Waals surface area contributed by atoms with Crippen molar-refractivity contribution in [1.82, 2.24) is 4.90 Å². The molecule has 1 aliphatic carbocycles. The summed E-state index contributed by atoms with van der Waals surface area (Å²) in [5.74, 6) is 0. The van der Waals surface area contributed by atoms with E-state index in [-0.39, 0.29) is 0 Å². The lowest BCUT2D eigenvalue weighted by molar-refractivity contribution is 0.113. The van der Waals surface area contributed by atoms with Crippen LogP contribution >= 0.6 is 0 Å². The zero-order valence-corrected chi connectivity index (χ0v) is 8.42. The standard InChI is InChI=1S/C10H22N2/c1-9(5-4-8-11)12(2)10-6-3-7-10/h9-10H,3-8,11H2,1-2H3. The van der Waals surface area contributed by atoms with Gasteiger partial charge in [0, 0.05) is 12.1 Å². The van der Waals surface area contributed by atoms with Crippen molar-refractivity contribution < 1.29 is 0 Å². The summed E-state index contributed by atoms with van der Waals surface area (Å²) in [6, 6.07) is 1.59. The average Bonchev–Trinajstić information content (AvgIpc) is 1.96. The molecule has 2 N–H and O–H groups in total. The Kier molecular flexibility index (Phi) is 4.02. The van der Waals surface area contributed by atoms with Crippen LogP contribution in [0, 0.1) is 0 Å². The highest BCUT2D eigenvalue weighted by Crippen LogP contribution is 2.25. The van der Waals surface area contributed by atoms with Gasteiger partial charge in [-0.05, 0) is 46.2 Å². The number of hydrogen-bond acceptors (Lipinski definition) is 2. The van der Waals surface area contributed by atoms with Crippen LogP contribution in [0.2, 0.25) is 0 Å². The normalized spacial score (nSPS) is 21.0. The quantitative estimate of drug-likeness (QED) is 0.679. The van der Waals surface area contributed by atoms with Crippen LogP contribution in [0.25, 0.3) is 0 Å². The van der Waals surface area contributed by atoms with Gasteiger partial charge in [-0.3, -0.25) is 0 Å². The van der Waals surface area contributed by atoms with E-state index in [1.807, 2.05) is 0 Å². The van der Waals surface area contributed by atoms with Crippen LogP contribution in [0.1, 0.15) is 39.0 Å². The Morgan fingerprint density at radius 1 is 1.50 bits per heavy atom. The molecule has 0 amide bonds. The molecule has 0 bridgehead atoms. The molecule has 1 unspecified atom stereocenters. The first-order chi connectivity index (χ1) is 5.75. The fourth-order valence-electron chi connectivity index (χ4n) is 1.77. The van der Waals surface area contributed by atoms with Crippen molar-refractivity contribution >= 4 is 0 Å². The second kappa shape index (κ2) is 4.83. The second-order valence-corrected chi connectivity index (χ2v) is 4.03. The largest absolute Gasteiger partial charge is 0.330 e. The van der Waals surface area contributed by atoms with Crippen LogP contribution in [0.4, 0.5) is 0 Å². The van der Waals surface area contributed by atoms with Gasteiger partial charge in [-0.1, -0.05) is 6.42 Å². The van der Waals surface area contributed by atoms with Crippen LogP contribution < -0.4 is 5.73 Å². The van der Waals surface area contributed by atoms with Crippen LogP contribution in [0.3, 0.4) is 0 Å². The first kappa shape index (κ1) is 10.0. The van der Waals surface area contributed by atoms with Crippen LogP contribution in [0.5, 0.6) is 0 Å². The summed E-state index contributed by atoms with van der Waals surface area (Å²) in [7, 11) is 2.25. The Hall–Kier alpha value is -0.0800. The second-order valence-electron chi connectivity index (χ2n) is 4.03. The van der Waals surface area contributed by atoms with Gasteiger partial charge in [-0.25, -0.2) is 0 Å². The zero-order chi connectivity index (χ0) is 8.97. The smallest absolute Gasteiger partial charge is 0.00950 e. The fraction of sp³-hybridized carbons (Fsp3) is 1.00. The zero-order valence-electron chi connectivity index (χ0n) is 8.42. The van der Waals surface area contributed by atoms with Crippen LogP contribution in [-0.2, 0) is 0 Å². The van der Waals surface area contributed by atoms with Crippen molar-refractivity contribution in [2.75, 3.05) is 13.6 Å². The van der Waals surface area contributed by atoms with Gasteiger partial charge in [-0.2, -0.15) is 0 Å². The molecule has 0 spiro atoms.